The molecule has 1 amide bonds. The molecular formula is C23H26N2O4S. The Morgan fingerprint density at radius 1 is 1.07 bits per heavy atom. The van der Waals surface area contributed by atoms with Crippen molar-refractivity contribution in [2.45, 2.75) is 44.8 Å². The molecule has 1 N–H and O–H groups in total. The van der Waals surface area contributed by atoms with Crippen molar-refractivity contribution in [2.75, 3.05) is 18.2 Å². The lowest BCUT2D eigenvalue weighted by atomic mass is 9.92. The quantitative estimate of drug-likeness (QED) is 0.392. The molecule has 158 valence electrons. The molecule has 0 saturated heterocycles. The Balaban J connectivity index is 1.77. The number of esters is 1. The van der Waals surface area contributed by atoms with Crippen LogP contribution in [0.25, 0.3) is 11.1 Å². The monoisotopic (exact) mass is 426 g/mol. The maximum absolute atomic E-state index is 12.7. The van der Waals surface area contributed by atoms with Crippen LogP contribution in [-0.4, -0.2) is 29.7 Å². The van der Waals surface area contributed by atoms with Crippen LogP contribution in [0.4, 0.5) is 5.69 Å². The van der Waals surface area contributed by atoms with Crippen LogP contribution < -0.4 is 5.32 Å². The fourth-order valence-electron chi connectivity index (χ4n) is 3.26. The van der Waals surface area contributed by atoms with Crippen LogP contribution in [0.15, 0.2) is 46.0 Å². The first-order chi connectivity index (χ1) is 14.3. The zero-order valence-electron chi connectivity index (χ0n) is 17.8. The molecule has 0 spiro atoms. The summed E-state index contributed by atoms with van der Waals surface area (Å²) in [5.41, 5.74) is 4.34. The van der Waals surface area contributed by atoms with Gasteiger partial charge in [-0.25, -0.2) is 9.78 Å². The molecule has 30 heavy (non-hydrogen) atoms. The number of anilines is 1. The summed E-state index contributed by atoms with van der Waals surface area (Å²) in [5.74, 6) is 0.105. The number of aromatic nitrogens is 1. The zero-order valence-corrected chi connectivity index (χ0v) is 18.6. The number of rotatable bonds is 7. The minimum atomic E-state index is -0.488. The standard InChI is InChI=1S/C23H26N2O4S/c1-13(2)15-8-6-9-16(14(3)4)20(15)25-19(26)12-30-23-24-18-11-7-10-17(21(18)29-23)22(27)28-5/h6-11,13-14H,12H2,1-5H3,(H,25,26). The van der Waals surface area contributed by atoms with Gasteiger partial charge in [-0.05, 0) is 35.1 Å². The number of methoxy groups -OCH3 is 1. The number of carbonyl (C=O) groups is 2. The van der Waals surface area contributed by atoms with Crippen molar-refractivity contribution in [1.29, 1.82) is 0 Å². The van der Waals surface area contributed by atoms with E-state index in [9.17, 15) is 9.59 Å². The molecule has 0 aliphatic rings. The molecule has 7 heteroatoms. The van der Waals surface area contributed by atoms with Crippen LogP contribution in [0.5, 0.6) is 0 Å². The van der Waals surface area contributed by atoms with Gasteiger partial charge in [0, 0.05) is 5.69 Å². The van der Waals surface area contributed by atoms with Gasteiger partial charge in [-0.15, -0.1) is 0 Å². The smallest absolute Gasteiger partial charge is 0.341 e. The van der Waals surface area contributed by atoms with Gasteiger partial charge < -0.3 is 14.5 Å². The van der Waals surface area contributed by atoms with E-state index in [4.69, 9.17) is 9.15 Å². The molecule has 0 saturated carbocycles. The molecule has 0 fully saturated rings. The molecule has 0 bridgehead atoms. The molecule has 0 atom stereocenters. The van der Waals surface area contributed by atoms with Crippen molar-refractivity contribution in [3.05, 3.63) is 53.1 Å². The predicted molar refractivity (Wildman–Crippen MR) is 119 cm³/mol. The fourth-order valence-corrected chi connectivity index (χ4v) is 3.89. The summed E-state index contributed by atoms with van der Waals surface area (Å²) in [4.78, 5) is 29.0. The number of oxazole rings is 1. The maximum atomic E-state index is 12.7. The highest BCUT2D eigenvalue weighted by Crippen LogP contribution is 2.33. The average Bonchev–Trinajstić information content (AvgIpc) is 3.14. The third-order valence-electron chi connectivity index (χ3n) is 4.76. The van der Waals surface area contributed by atoms with Gasteiger partial charge in [0.1, 0.15) is 11.1 Å². The van der Waals surface area contributed by atoms with E-state index in [2.05, 4.69) is 50.1 Å². The highest BCUT2D eigenvalue weighted by atomic mass is 32.2. The van der Waals surface area contributed by atoms with Crippen molar-refractivity contribution < 1.29 is 18.7 Å². The number of ether oxygens (including phenoxy) is 1. The van der Waals surface area contributed by atoms with Gasteiger partial charge in [-0.2, -0.15) is 0 Å². The Bertz CT molecular complexity index is 1050. The average molecular weight is 427 g/mol. The van der Waals surface area contributed by atoms with E-state index in [-0.39, 0.29) is 11.7 Å². The van der Waals surface area contributed by atoms with Gasteiger partial charge in [0.25, 0.3) is 5.22 Å². The Kier molecular flexibility index (Phi) is 6.82. The second-order valence-corrected chi connectivity index (χ2v) is 8.51. The molecule has 1 aromatic heterocycles. The van der Waals surface area contributed by atoms with Gasteiger partial charge in [0.05, 0.1) is 12.9 Å². The Hall–Kier alpha value is -2.80. The second kappa shape index (κ2) is 9.34. The highest BCUT2D eigenvalue weighted by Gasteiger charge is 2.19. The molecule has 1 heterocycles. The SMILES string of the molecule is COC(=O)c1cccc2nc(SCC(=O)Nc3c(C(C)C)cccc3C(C)C)oc12. The van der Waals surface area contributed by atoms with Crippen molar-refractivity contribution in [3.8, 4) is 0 Å². The van der Waals surface area contributed by atoms with Crippen molar-refractivity contribution in [3.63, 3.8) is 0 Å². The summed E-state index contributed by atoms with van der Waals surface area (Å²) in [6.45, 7) is 8.45. The molecule has 0 aliphatic carbocycles. The van der Waals surface area contributed by atoms with Crippen molar-refractivity contribution in [2.24, 2.45) is 0 Å². The second-order valence-electron chi connectivity index (χ2n) is 7.58. The number of amides is 1. The lowest BCUT2D eigenvalue weighted by Gasteiger charge is -2.20. The minimum Gasteiger partial charge on any atom is -0.465 e. The van der Waals surface area contributed by atoms with Gasteiger partial charge in [0.2, 0.25) is 5.91 Å². The largest absolute Gasteiger partial charge is 0.465 e. The van der Waals surface area contributed by atoms with E-state index in [0.29, 0.717) is 33.7 Å². The van der Waals surface area contributed by atoms with Crippen LogP contribution >= 0.6 is 11.8 Å². The Labute approximate surface area is 180 Å². The fraction of sp³-hybridized carbons (Fsp3) is 0.348. The van der Waals surface area contributed by atoms with E-state index in [1.165, 1.54) is 18.9 Å². The topological polar surface area (TPSA) is 81.4 Å². The number of benzene rings is 2. The molecule has 3 aromatic rings. The third kappa shape index (κ3) is 4.67. The number of thioether (sulfide) groups is 1. The molecule has 6 nitrogen and oxygen atoms in total. The summed E-state index contributed by atoms with van der Waals surface area (Å²) < 4.78 is 10.5. The molecule has 3 rings (SSSR count). The van der Waals surface area contributed by atoms with Crippen LogP contribution in [-0.2, 0) is 9.53 Å². The summed E-state index contributed by atoms with van der Waals surface area (Å²) >= 11 is 1.19. The van der Waals surface area contributed by atoms with Crippen LogP contribution in [0.2, 0.25) is 0 Å². The van der Waals surface area contributed by atoms with Crippen LogP contribution in [0.3, 0.4) is 0 Å². The number of hydrogen-bond acceptors (Lipinski definition) is 6. The molecule has 2 aromatic carbocycles. The Morgan fingerprint density at radius 2 is 1.70 bits per heavy atom. The van der Waals surface area contributed by atoms with Gasteiger partial charge in [-0.3, -0.25) is 4.79 Å². The number of nitrogens with zero attached hydrogens (tertiary/aromatic N) is 1. The summed E-state index contributed by atoms with van der Waals surface area (Å²) in [5, 5.41) is 3.41. The summed E-state index contributed by atoms with van der Waals surface area (Å²) in [6.07, 6.45) is 0. The summed E-state index contributed by atoms with van der Waals surface area (Å²) in [7, 11) is 1.32. The van der Waals surface area contributed by atoms with E-state index in [1.807, 2.05) is 6.07 Å². The Morgan fingerprint density at radius 3 is 2.30 bits per heavy atom. The van der Waals surface area contributed by atoms with E-state index in [0.717, 1.165) is 16.8 Å². The number of para-hydroxylation sites is 2. The first kappa shape index (κ1) is 21.9. The lowest BCUT2D eigenvalue weighted by molar-refractivity contribution is -0.113. The molecule has 0 aliphatic heterocycles. The lowest BCUT2D eigenvalue weighted by Crippen LogP contribution is -2.17. The third-order valence-corrected chi connectivity index (χ3v) is 5.59. The first-order valence-corrected chi connectivity index (χ1v) is 10.8. The molecule has 0 unspecified atom stereocenters. The van der Waals surface area contributed by atoms with E-state index < -0.39 is 5.97 Å². The van der Waals surface area contributed by atoms with E-state index >= 15 is 0 Å². The minimum absolute atomic E-state index is 0.134. The summed E-state index contributed by atoms with van der Waals surface area (Å²) in [6, 6.07) is 11.2. The van der Waals surface area contributed by atoms with Crippen LogP contribution in [0.1, 0.15) is 61.0 Å². The first-order valence-electron chi connectivity index (χ1n) is 9.85. The highest BCUT2D eigenvalue weighted by molar-refractivity contribution is 7.99. The normalized spacial score (nSPS) is 11.3. The van der Waals surface area contributed by atoms with Crippen molar-refractivity contribution in [1.82, 2.24) is 4.98 Å². The van der Waals surface area contributed by atoms with Crippen LogP contribution in [0, 0.1) is 0 Å². The van der Waals surface area contributed by atoms with E-state index in [1.54, 1.807) is 18.2 Å². The predicted octanol–water partition coefficient (Wildman–Crippen LogP) is 5.59. The number of hydrogen-bond donors (Lipinski definition) is 1. The van der Waals surface area contributed by atoms with Gasteiger partial charge in [-0.1, -0.05) is 63.7 Å². The van der Waals surface area contributed by atoms with Crippen molar-refractivity contribution >= 4 is 40.4 Å². The maximum Gasteiger partial charge on any atom is 0.341 e. The van der Waals surface area contributed by atoms with Gasteiger partial charge in [0.15, 0.2) is 5.58 Å². The number of nitrogens with one attached hydrogen (secondary N) is 1. The number of fused-ring (bicyclic) bond motifs is 1. The molecule has 0 radical (unpaired) electrons. The zero-order chi connectivity index (χ0) is 21.8. The van der Waals surface area contributed by atoms with Gasteiger partial charge >= 0.3 is 5.97 Å². The molecular weight excluding hydrogens is 400 g/mol. The number of carbonyl (C=O) groups excluding carboxylic acids is 2.